The zero-order valence-electron chi connectivity index (χ0n) is 10.1. The van der Waals surface area contributed by atoms with Crippen LogP contribution in [0.15, 0.2) is 42.5 Å². The van der Waals surface area contributed by atoms with Crippen LogP contribution in [0.5, 0.6) is 5.75 Å². The summed E-state index contributed by atoms with van der Waals surface area (Å²) < 4.78 is 5.67. The minimum atomic E-state index is -0.186. The van der Waals surface area contributed by atoms with E-state index in [4.69, 9.17) is 4.74 Å². The van der Waals surface area contributed by atoms with E-state index in [1.165, 1.54) is 10.8 Å². The van der Waals surface area contributed by atoms with Gasteiger partial charge in [0.1, 0.15) is 5.75 Å². The van der Waals surface area contributed by atoms with Crippen LogP contribution in [0, 0.1) is 0 Å². The molecule has 2 aromatic carbocycles. The highest BCUT2D eigenvalue weighted by Gasteiger charge is 2.26. The van der Waals surface area contributed by atoms with Gasteiger partial charge in [0.15, 0.2) is 6.23 Å². The first-order valence-corrected chi connectivity index (χ1v) is 6.26. The molecular weight excluding hydrogens is 240 g/mol. The Morgan fingerprint density at radius 3 is 2.68 bits per heavy atom. The van der Waals surface area contributed by atoms with Gasteiger partial charge in [0.2, 0.25) is 5.91 Å². The molecule has 1 atom stereocenters. The van der Waals surface area contributed by atoms with Crippen molar-refractivity contribution in [2.24, 2.45) is 0 Å². The van der Waals surface area contributed by atoms with Crippen LogP contribution in [0.2, 0.25) is 0 Å². The van der Waals surface area contributed by atoms with Crippen LogP contribution in [0.25, 0.3) is 21.8 Å². The molecule has 1 aliphatic rings. The zero-order valence-corrected chi connectivity index (χ0v) is 10.1. The van der Waals surface area contributed by atoms with Gasteiger partial charge in [-0.15, -0.1) is 0 Å². The number of carbonyl (C=O) groups is 1. The lowest BCUT2D eigenvalue weighted by atomic mass is 10.1. The summed E-state index contributed by atoms with van der Waals surface area (Å²) in [7, 11) is 0. The molecule has 1 aromatic heterocycles. The molecule has 1 unspecified atom stereocenters. The van der Waals surface area contributed by atoms with Gasteiger partial charge in [0.25, 0.3) is 0 Å². The number of aromatic amines is 1. The molecule has 3 aromatic rings. The number of hydrogen-bond donors (Lipinski definition) is 2. The number of amides is 1. The van der Waals surface area contributed by atoms with Crippen molar-refractivity contribution in [2.45, 2.75) is 12.6 Å². The molecule has 4 heteroatoms. The quantitative estimate of drug-likeness (QED) is 0.689. The molecule has 1 fully saturated rings. The molecule has 0 radical (unpaired) electrons. The number of carbonyl (C=O) groups excluding carboxylic acids is 1. The van der Waals surface area contributed by atoms with Crippen molar-refractivity contribution in [1.82, 2.24) is 10.3 Å². The second-order valence-electron chi connectivity index (χ2n) is 4.76. The number of nitrogens with one attached hydrogen (secondary N) is 2. The maximum absolute atomic E-state index is 10.8. The van der Waals surface area contributed by atoms with Crippen molar-refractivity contribution in [3.05, 3.63) is 42.5 Å². The van der Waals surface area contributed by atoms with Crippen LogP contribution in [0.1, 0.15) is 6.42 Å². The first-order valence-electron chi connectivity index (χ1n) is 6.26. The lowest BCUT2D eigenvalue weighted by Gasteiger charge is -2.27. The highest BCUT2D eigenvalue weighted by molar-refractivity contribution is 6.07. The fourth-order valence-corrected chi connectivity index (χ4v) is 2.47. The zero-order chi connectivity index (χ0) is 12.8. The molecule has 0 saturated carbocycles. The number of β-lactam (4-membered cyclic amide) rings is 1. The summed E-state index contributed by atoms with van der Waals surface area (Å²) in [5, 5.41) is 5.08. The first-order chi connectivity index (χ1) is 9.29. The Balaban J connectivity index is 1.74. The third kappa shape index (κ3) is 1.64. The largest absolute Gasteiger partial charge is 0.470 e. The number of para-hydroxylation sites is 1. The van der Waals surface area contributed by atoms with Gasteiger partial charge in [-0.2, -0.15) is 0 Å². The Morgan fingerprint density at radius 1 is 1.05 bits per heavy atom. The summed E-state index contributed by atoms with van der Waals surface area (Å²) in [5.74, 6) is 0.806. The van der Waals surface area contributed by atoms with Gasteiger partial charge in [-0.3, -0.25) is 4.79 Å². The number of H-pyrrole nitrogens is 1. The van der Waals surface area contributed by atoms with Gasteiger partial charge >= 0.3 is 0 Å². The van der Waals surface area contributed by atoms with Gasteiger partial charge in [0, 0.05) is 22.4 Å². The van der Waals surface area contributed by atoms with Crippen molar-refractivity contribution in [3.63, 3.8) is 0 Å². The predicted molar refractivity (Wildman–Crippen MR) is 73.0 cm³/mol. The van der Waals surface area contributed by atoms with E-state index in [1.807, 2.05) is 30.3 Å². The minimum Gasteiger partial charge on any atom is -0.470 e. The Bertz CT molecular complexity index is 783. The number of hydrogen-bond acceptors (Lipinski definition) is 2. The minimum absolute atomic E-state index is 0.0386. The molecule has 2 N–H and O–H groups in total. The third-order valence-corrected chi connectivity index (χ3v) is 3.45. The van der Waals surface area contributed by atoms with Gasteiger partial charge < -0.3 is 15.0 Å². The average Bonchev–Trinajstić information content (AvgIpc) is 2.74. The van der Waals surface area contributed by atoms with Crippen LogP contribution >= 0.6 is 0 Å². The number of rotatable bonds is 2. The SMILES string of the molecule is O=C1CC(Oc2ccc3c(c2)[nH]c2ccccc23)N1. The van der Waals surface area contributed by atoms with Gasteiger partial charge in [-0.05, 0) is 18.2 Å². The Hall–Kier alpha value is -2.49. The first kappa shape index (κ1) is 10.4. The number of aromatic nitrogens is 1. The molecule has 94 valence electrons. The average molecular weight is 252 g/mol. The Labute approximate surface area is 109 Å². The molecule has 0 bridgehead atoms. The molecule has 0 spiro atoms. The molecular formula is C15H12N2O2. The summed E-state index contributed by atoms with van der Waals surface area (Å²) in [6.45, 7) is 0. The molecule has 1 amide bonds. The predicted octanol–water partition coefficient (Wildman–Crippen LogP) is 2.55. The second-order valence-corrected chi connectivity index (χ2v) is 4.76. The highest BCUT2D eigenvalue weighted by atomic mass is 16.5. The van der Waals surface area contributed by atoms with Crippen molar-refractivity contribution in [2.75, 3.05) is 0 Å². The normalized spacial score (nSPS) is 18.3. The van der Waals surface area contributed by atoms with Crippen LogP contribution in [0.4, 0.5) is 0 Å². The van der Waals surface area contributed by atoms with Crippen LogP contribution in [0.3, 0.4) is 0 Å². The molecule has 1 saturated heterocycles. The summed E-state index contributed by atoms with van der Waals surface area (Å²) in [6, 6.07) is 14.2. The standard InChI is InChI=1S/C15H12N2O2/c18-14-8-15(17-14)19-9-5-6-11-10-3-1-2-4-12(10)16-13(11)7-9/h1-7,15-16H,8H2,(H,17,18). The number of benzene rings is 2. The maximum atomic E-state index is 10.8. The maximum Gasteiger partial charge on any atom is 0.228 e. The van der Waals surface area contributed by atoms with Crippen molar-refractivity contribution < 1.29 is 9.53 Å². The van der Waals surface area contributed by atoms with E-state index in [0.29, 0.717) is 6.42 Å². The Morgan fingerprint density at radius 2 is 1.84 bits per heavy atom. The monoisotopic (exact) mass is 252 g/mol. The van der Waals surface area contributed by atoms with E-state index in [0.717, 1.165) is 16.8 Å². The van der Waals surface area contributed by atoms with Gasteiger partial charge in [-0.1, -0.05) is 18.2 Å². The van der Waals surface area contributed by atoms with Gasteiger partial charge in [-0.25, -0.2) is 0 Å². The van der Waals surface area contributed by atoms with E-state index in [-0.39, 0.29) is 12.1 Å². The summed E-state index contributed by atoms with van der Waals surface area (Å²) >= 11 is 0. The van der Waals surface area contributed by atoms with Crippen molar-refractivity contribution in [1.29, 1.82) is 0 Å². The third-order valence-electron chi connectivity index (χ3n) is 3.45. The summed E-state index contributed by atoms with van der Waals surface area (Å²) in [5.41, 5.74) is 2.16. The van der Waals surface area contributed by atoms with Crippen molar-refractivity contribution >= 4 is 27.7 Å². The fraction of sp³-hybridized carbons (Fsp3) is 0.133. The van der Waals surface area contributed by atoms with Gasteiger partial charge in [0.05, 0.1) is 11.9 Å². The lowest BCUT2D eigenvalue weighted by Crippen LogP contribution is -2.51. The second kappa shape index (κ2) is 3.75. The van der Waals surface area contributed by atoms with E-state index < -0.39 is 0 Å². The van der Waals surface area contributed by atoms with E-state index in [2.05, 4.69) is 22.4 Å². The number of ether oxygens (including phenoxy) is 1. The molecule has 1 aliphatic heterocycles. The highest BCUT2D eigenvalue weighted by Crippen LogP contribution is 2.28. The Kier molecular flexibility index (Phi) is 2.06. The van der Waals surface area contributed by atoms with Crippen LogP contribution in [-0.4, -0.2) is 17.1 Å². The summed E-state index contributed by atoms with van der Waals surface area (Å²) in [6.07, 6.45) is 0.249. The topological polar surface area (TPSA) is 54.1 Å². The van der Waals surface area contributed by atoms with E-state index >= 15 is 0 Å². The fourth-order valence-electron chi connectivity index (χ4n) is 2.47. The lowest BCUT2D eigenvalue weighted by molar-refractivity contribution is -0.134. The van der Waals surface area contributed by atoms with Crippen molar-refractivity contribution in [3.8, 4) is 5.75 Å². The molecule has 0 aliphatic carbocycles. The number of fused-ring (bicyclic) bond motifs is 3. The van der Waals surface area contributed by atoms with E-state index in [9.17, 15) is 4.79 Å². The van der Waals surface area contributed by atoms with Crippen LogP contribution < -0.4 is 10.1 Å². The smallest absolute Gasteiger partial charge is 0.228 e. The molecule has 2 heterocycles. The molecule has 4 nitrogen and oxygen atoms in total. The van der Waals surface area contributed by atoms with Crippen LogP contribution in [-0.2, 0) is 4.79 Å². The molecule has 19 heavy (non-hydrogen) atoms. The van der Waals surface area contributed by atoms with E-state index in [1.54, 1.807) is 0 Å². The summed E-state index contributed by atoms with van der Waals surface area (Å²) in [4.78, 5) is 14.2. The molecule has 4 rings (SSSR count).